The minimum atomic E-state index is -0.760. The highest BCUT2D eigenvalue weighted by Crippen LogP contribution is 2.18. The van der Waals surface area contributed by atoms with Crippen molar-refractivity contribution in [3.05, 3.63) is 0 Å². The van der Waals surface area contributed by atoms with Crippen LogP contribution in [-0.4, -0.2) is 37.2 Å². The third kappa shape index (κ3) is 43.8. The fourth-order valence-electron chi connectivity index (χ4n) is 7.60. The van der Waals surface area contributed by atoms with Crippen LogP contribution in [0.25, 0.3) is 0 Å². The first kappa shape index (κ1) is 55.4. The summed E-state index contributed by atoms with van der Waals surface area (Å²) in [5, 5.41) is 0. The molecule has 0 aromatic rings. The van der Waals surface area contributed by atoms with E-state index in [9.17, 15) is 14.4 Å². The number of rotatable bonds is 45. The summed E-state index contributed by atoms with van der Waals surface area (Å²) < 4.78 is 16.8. The van der Waals surface area contributed by atoms with E-state index in [4.69, 9.17) is 14.2 Å². The lowest BCUT2D eigenvalue weighted by molar-refractivity contribution is -0.167. The predicted molar refractivity (Wildman–Crippen MR) is 243 cm³/mol. The largest absolute Gasteiger partial charge is 0.462 e. The van der Waals surface area contributed by atoms with E-state index in [0.717, 1.165) is 69.6 Å². The third-order valence-corrected chi connectivity index (χ3v) is 11.8. The SMILES string of the molecule is CCCCCCCCCCCCC(=O)O[C@H](COC(=O)CCCCCCCCCCCCCCCCC(C)CC)COC(=O)CCCCCCCCCCC(C)C. The van der Waals surface area contributed by atoms with Gasteiger partial charge in [0.25, 0.3) is 0 Å². The van der Waals surface area contributed by atoms with Crippen LogP contribution in [0.3, 0.4) is 0 Å². The minimum absolute atomic E-state index is 0.0642. The zero-order chi connectivity index (χ0) is 41.9. The monoisotopic (exact) mass is 807 g/mol. The number of esters is 3. The summed E-state index contributed by atoms with van der Waals surface area (Å²) >= 11 is 0. The van der Waals surface area contributed by atoms with E-state index < -0.39 is 6.10 Å². The highest BCUT2D eigenvalue weighted by Gasteiger charge is 2.19. The van der Waals surface area contributed by atoms with Crippen molar-refractivity contribution in [3.63, 3.8) is 0 Å². The average molecular weight is 807 g/mol. The summed E-state index contributed by atoms with van der Waals surface area (Å²) in [4.78, 5) is 37.8. The molecule has 0 saturated carbocycles. The molecule has 0 aliphatic rings. The van der Waals surface area contributed by atoms with Gasteiger partial charge in [-0.1, -0.05) is 240 Å². The van der Waals surface area contributed by atoms with Crippen LogP contribution in [0.1, 0.15) is 279 Å². The highest BCUT2D eigenvalue weighted by atomic mass is 16.6. The molecule has 2 atom stereocenters. The average Bonchev–Trinajstić information content (AvgIpc) is 3.19. The molecule has 6 heteroatoms. The van der Waals surface area contributed by atoms with E-state index in [2.05, 4.69) is 34.6 Å². The van der Waals surface area contributed by atoms with Gasteiger partial charge in [0.15, 0.2) is 6.10 Å². The van der Waals surface area contributed by atoms with Gasteiger partial charge in [-0.3, -0.25) is 14.4 Å². The topological polar surface area (TPSA) is 78.9 Å². The van der Waals surface area contributed by atoms with E-state index >= 15 is 0 Å². The molecule has 0 heterocycles. The number of carbonyl (C=O) groups excluding carboxylic acids is 3. The molecule has 338 valence electrons. The van der Waals surface area contributed by atoms with E-state index in [1.165, 1.54) is 167 Å². The lowest BCUT2D eigenvalue weighted by atomic mass is 9.99. The minimum Gasteiger partial charge on any atom is -0.462 e. The van der Waals surface area contributed by atoms with E-state index in [1.807, 2.05) is 0 Å². The van der Waals surface area contributed by atoms with Crippen LogP contribution in [0.4, 0.5) is 0 Å². The Morgan fingerprint density at radius 2 is 0.667 bits per heavy atom. The number of hydrogen-bond acceptors (Lipinski definition) is 6. The lowest BCUT2D eigenvalue weighted by Gasteiger charge is -2.18. The van der Waals surface area contributed by atoms with E-state index in [0.29, 0.717) is 19.3 Å². The fraction of sp³-hybridized carbons (Fsp3) is 0.941. The molecule has 0 fully saturated rings. The quantitative estimate of drug-likeness (QED) is 0.0346. The number of carbonyl (C=O) groups is 3. The van der Waals surface area contributed by atoms with Crippen molar-refractivity contribution in [1.29, 1.82) is 0 Å². The summed E-state index contributed by atoms with van der Waals surface area (Å²) in [6.07, 6.45) is 43.7. The molecule has 0 bridgehead atoms. The maximum atomic E-state index is 12.7. The second-order valence-corrected chi connectivity index (χ2v) is 18.2. The van der Waals surface area contributed by atoms with Gasteiger partial charge in [0.1, 0.15) is 13.2 Å². The zero-order valence-electron chi connectivity index (χ0n) is 39.0. The molecule has 0 saturated heterocycles. The number of ether oxygens (including phenoxy) is 3. The number of hydrogen-bond donors (Lipinski definition) is 0. The van der Waals surface area contributed by atoms with Crippen molar-refractivity contribution < 1.29 is 28.6 Å². The smallest absolute Gasteiger partial charge is 0.306 e. The van der Waals surface area contributed by atoms with Gasteiger partial charge >= 0.3 is 17.9 Å². The van der Waals surface area contributed by atoms with Crippen LogP contribution >= 0.6 is 0 Å². The maximum Gasteiger partial charge on any atom is 0.306 e. The Morgan fingerprint density at radius 1 is 0.368 bits per heavy atom. The van der Waals surface area contributed by atoms with Gasteiger partial charge < -0.3 is 14.2 Å². The van der Waals surface area contributed by atoms with Gasteiger partial charge in [0.2, 0.25) is 0 Å². The molecule has 0 N–H and O–H groups in total. The normalized spacial score (nSPS) is 12.5. The van der Waals surface area contributed by atoms with Gasteiger partial charge in [-0.25, -0.2) is 0 Å². The van der Waals surface area contributed by atoms with Crippen molar-refractivity contribution in [1.82, 2.24) is 0 Å². The van der Waals surface area contributed by atoms with Gasteiger partial charge in [0, 0.05) is 19.3 Å². The maximum absolute atomic E-state index is 12.7. The third-order valence-electron chi connectivity index (χ3n) is 11.8. The standard InChI is InChI=1S/C51H98O6/c1-6-8-9-10-11-12-20-28-33-38-43-51(54)57-48(45-56-50(53)42-37-32-27-23-22-24-29-34-39-46(3)4)44-55-49(52)41-36-31-26-21-18-16-14-13-15-17-19-25-30-35-40-47(5)7-2/h46-48H,6-45H2,1-5H3/t47?,48-/m1/s1. The second kappa shape index (κ2) is 44.0. The summed E-state index contributed by atoms with van der Waals surface area (Å²) in [5.41, 5.74) is 0. The Hall–Kier alpha value is -1.59. The summed E-state index contributed by atoms with van der Waals surface area (Å²) in [6, 6.07) is 0. The van der Waals surface area contributed by atoms with Crippen LogP contribution in [0, 0.1) is 11.8 Å². The Balaban J connectivity index is 4.24. The first-order chi connectivity index (χ1) is 27.8. The Kier molecular flexibility index (Phi) is 42.7. The first-order valence-electron chi connectivity index (χ1n) is 25.3. The van der Waals surface area contributed by atoms with Crippen LogP contribution in [-0.2, 0) is 28.6 Å². The molecule has 1 unspecified atom stereocenters. The molecule has 0 radical (unpaired) electrons. The van der Waals surface area contributed by atoms with Crippen molar-refractivity contribution in [2.75, 3.05) is 13.2 Å². The number of unbranched alkanes of at least 4 members (excludes halogenated alkanes) is 29. The van der Waals surface area contributed by atoms with Crippen molar-refractivity contribution in [2.45, 2.75) is 285 Å². The van der Waals surface area contributed by atoms with E-state index in [1.54, 1.807) is 0 Å². The molecular formula is C51H98O6. The molecule has 0 aromatic heterocycles. The molecule has 0 amide bonds. The molecule has 0 aliphatic heterocycles. The van der Waals surface area contributed by atoms with Gasteiger partial charge in [-0.15, -0.1) is 0 Å². The van der Waals surface area contributed by atoms with Crippen LogP contribution in [0.2, 0.25) is 0 Å². The van der Waals surface area contributed by atoms with Crippen LogP contribution in [0.5, 0.6) is 0 Å². The molecular weight excluding hydrogens is 709 g/mol. The molecule has 57 heavy (non-hydrogen) atoms. The Morgan fingerprint density at radius 3 is 1.00 bits per heavy atom. The molecule has 6 nitrogen and oxygen atoms in total. The molecule has 0 aliphatic carbocycles. The second-order valence-electron chi connectivity index (χ2n) is 18.2. The molecule has 0 rings (SSSR count). The zero-order valence-corrected chi connectivity index (χ0v) is 39.0. The summed E-state index contributed by atoms with van der Waals surface area (Å²) in [6.45, 7) is 11.4. The summed E-state index contributed by atoms with van der Waals surface area (Å²) in [5.74, 6) is 0.839. The fourth-order valence-corrected chi connectivity index (χ4v) is 7.60. The Labute approximate surface area is 355 Å². The van der Waals surface area contributed by atoms with Crippen LogP contribution < -0.4 is 0 Å². The van der Waals surface area contributed by atoms with Crippen molar-refractivity contribution in [3.8, 4) is 0 Å². The first-order valence-corrected chi connectivity index (χ1v) is 25.3. The van der Waals surface area contributed by atoms with E-state index in [-0.39, 0.29) is 31.1 Å². The molecule has 0 spiro atoms. The van der Waals surface area contributed by atoms with Crippen molar-refractivity contribution >= 4 is 17.9 Å². The highest BCUT2D eigenvalue weighted by molar-refractivity contribution is 5.71. The predicted octanol–water partition coefficient (Wildman–Crippen LogP) is 16.1. The van der Waals surface area contributed by atoms with Crippen molar-refractivity contribution in [2.24, 2.45) is 11.8 Å². The lowest BCUT2D eigenvalue weighted by Crippen LogP contribution is -2.30. The van der Waals surface area contributed by atoms with Crippen LogP contribution in [0.15, 0.2) is 0 Å². The van der Waals surface area contributed by atoms with Gasteiger partial charge in [-0.05, 0) is 31.1 Å². The van der Waals surface area contributed by atoms with Gasteiger partial charge in [-0.2, -0.15) is 0 Å². The summed E-state index contributed by atoms with van der Waals surface area (Å²) in [7, 11) is 0. The Bertz CT molecular complexity index is 872. The molecule has 0 aromatic carbocycles. The van der Waals surface area contributed by atoms with Gasteiger partial charge in [0.05, 0.1) is 0 Å².